The number of ether oxygens (including phenoxy) is 1. The minimum atomic E-state index is -1.27. The lowest BCUT2D eigenvalue weighted by Gasteiger charge is -2.34. The van der Waals surface area contributed by atoms with Crippen LogP contribution in [-0.4, -0.2) is 60.3 Å². The van der Waals surface area contributed by atoms with Gasteiger partial charge in [0.25, 0.3) is 0 Å². The van der Waals surface area contributed by atoms with E-state index >= 15 is 0 Å². The first-order valence-electron chi connectivity index (χ1n) is 13.9. The average molecular weight is 574 g/mol. The van der Waals surface area contributed by atoms with E-state index in [2.05, 4.69) is 21.0 Å². The van der Waals surface area contributed by atoms with E-state index < -0.39 is 35.6 Å². The second kappa shape index (κ2) is 14.3. The molecule has 4 N–H and O–H groups in total. The van der Waals surface area contributed by atoms with Crippen molar-refractivity contribution in [2.24, 2.45) is 17.3 Å². The summed E-state index contributed by atoms with van der Waals surface area (Å²) < 4.78 is 5.90. The number of carbonyl (C=O) groups excluding carboxylic acids is 2. The van der Waals surface area contributed by atoms with Gasteiger partial charge in [-0.3, -0.25) is 9.59 Å². The van der Waals surface area contributed by atoms with Gasteiger partial charge in [0, 0.05) is 36.5 Å². The Labute approximate surface area is 240 Å². The Morgan fingerprint density at radius 1 is 1.27 bits per heavy atom. The van der Waals surface area contributed by atoms with Crippen molar-refractivity contribution in [1.29, 1.82) is 0 Å². The predicted molar refractivity (Wildman–Crippen MR) is 154 cm³/mol. The fourth-order valence-corrected chi connectivity index (χ4v) is 5.71. The molecule has 5 atom stereocenters. The number of imidazole rings is 1. The zero-order chi connectivity index (χ0) is 29.4. The standard InChI is InChI=1S/C30H43N3O6S/c1-18-7-6-8-21(14-25-31-11-12-32-25)9-10-23(19(2)13-22-17-40-26(16-34)33-22)39-27(36)15-24(35)30(4,5)29(38)20(3)28(18)37/h9,11-13,17-18,20,23-24,28,34-35,37H,6-8,10,14-16H2,1-5H3,(H,31,32)/b19-13+,21-9+/t18-,20+,23-,24-,28-/m0/s1. The van der Waals surface area contributed by atoms with Crippen LogP contribution in [0.4, 0.5) is 0 Å². The largest absolute Gasteiger partial charge is 0.457 e. The van der Waals surface area contributed by atoms with Crippen LogP contribution in [0.3, 0.4) is 0 Å². The van der Waals surface area contributed by atoms with E-state index in [0.29, 0.717) is 23.5 Å². The summed E-state index contributed by atoms with van der Waals surface area (Å²) >= 11 is 1.35. The van der Waals surface area contributed by atoms with Crippen LogP contribution in [0, 0.1) is 17.3 Å². The minimum absolute atomic E-state index is 0.116. The molecule has 0 radical (unpaired) electrons. The SMILES string of the molecule is C/C(=C\c1csc(CO)n1)[C@@H]1C/C=C(/Cc2ncc[nH]2)CCC[C@H](C)[C@H](O)[C@@H](C)C(=O)C(C)(C)[C@@H](O)CC(=O)O1. The number of ketones is 1. The first kappa shape index (κ1) is 31.9. The molecule has 0 fully saturated rings. The van der Waals surface area contributed by atoms with Crippen molar-refractivity contribution in [2.45, 2.75) is 98.1 Å². The fourth-order valence-electron chi connectivity index (χ4n) is 5.10. The molecule has 1 aliphatic rings. The van der Waals surface area contributed by atoms with Crippen LogP contribution < -0.4 is 0 Å². The normalized spacial score (nSPS) is 29.1. The van der Waals surface area contributed by atoms with Crippen molar-refractivity contribution < 1.29 is 29.6 Å². The van der Waals surface area contributed by atoms with Crippen molar-refractivity contribution in [1.82, 2.24) is 15.0 Å². The summed E-state index contributed by atoms with van der Waals surface area (Å²) in [7, 11) is 0. The van der Waals surface area contributed by atoms with Gasteiger partial charge in [0.1, 0.15) is 22.7 Å². The Morgan fingerprint density at radius 2 is 2.02 bits per heavy atom. The number of aromatic nitrogens is 3. The summed E-state index contributed by atoms with van der Waals surface area (Å²) in [5.41, 5.74) is 1.32. The number of H-pyrrole nitrogens is 1. The van der Waals surface area contributed by atoms with Crippen LogP contribution in [0.15, 0.2) is 35.0 Å². The highest BCUT2D eigenvalue weighted by Gasteiger charge is 2.42. The number of esters is 1. The van der Waals surface area contributed by atoms with E-state index in [9.17, 15) is 24.9 Å². The summed E-state index contributed by atoms with van der Waals surface area (Å²) in [5, 5.41) is 33.7. The quantitative estimate of drug-likeness (QED) is 0.304. The van der Waals surface area contributed by atoms with Crippen LogP contribution in [0.2, 0.25) is 0 Å². The number of aromatic amines is 1. The van der Waals surface area contributed by atoms with Gasteiger partial charge in [-0.2, -0.15) is 0 Å². The van der Waals surface area contributed by atoms with E-state index in [1.54, 1.807) is 33.2 Å². The third-order valence-corrected chi connectivity index (χ3v) is 8.78. The molecular weight excluding hydrogens is 530 g/mol. The smallest absolute Gasteiger partial charge is 0.309 e. The van der Waals surface area contributed by atoms with Gasteiger partial charge in [-0.25, -0.2) is 9.97 Å². The molecule has 40 heavy (non-hydrogen) atoms. The van der Waals surface area contributed by atoms with Gasteiger partial charge in [0.2, 0.25) is 0 Å². The van der Waals surface area contributed by atoms with Crippen molar-refractivity contribution in [3.63, 3.8) is 0 Å². The second-order valence-electron chi connectivity index (χ2n) is 11.5. The van der Waals surface area contributed by atoms with Gasteiger partial charge < -0.3 is 25.0 Å². The molecule has 0 unspecified atom stereocenters. The maximum Gasteiger partial charge on any atom is 0.309 e. The Hall–Kier alpha value is -2.66. The Morgan fingerprint density at radius 3 is 2.67 bits per heavy atom. The molecule has 3 heterocycles. The molecule has 0 bridgehead atoms. The molecule has 0 saturated heterocycles. The molecular formula is C30H43N3O6S. The molecule has 2 aromatic heterocycles. The third-order valence-electron chi connectivity index (χ3n) is 7.93. The predicted octanol–water partition coefficient (Wildman–Crippen LogP) is 4.40. The molecule has 220 valence electrons. The number of Topliss-reactive ketones (excluding diaryl/α,β-unsaturated/α-hetero) is 1. The molecule has 0 amide bonds. The van der Waals surface area contributed by atoms with E-state index in [1.807, 2.05) is 25.3 Å². The zero-order valence-electron chi connectivity index (χ0n) is 24.1. The van der Waals surface area contributed by atoms with Crippen molar-refractivity contribution in [3.05, 3.63) is 51.5 Å². The first-order chi connectivity index (χ1) is 18.9. The molecule has 3 rings (SSSR count). The molecule has 0 spiro atoms. The van der Waals surface area contributed by atoms with Crippen molar-refractivity contribution in [3.8, 4) is 0 Å². The number of aliphatic hydroxyl groups excluding tert-OH is 3. The van der Waals surface area contributed by atoms with Gasteiger partial charge in [-0.15, -0.1) is 11.3 Å². The highest BCUT2D eigenvalue weighted by molar-refractivity contribution is 7.09. The molecule has 0 aromatic carbocycles. The lowest BCUT2D eigenvalue weighted by atomic mass is 9.73. The van der Waals surface area contributed by atoms with Gasteiger partial charge in [0.05, 0.1) is 36.3 Å². The monoisotopic (exact) mass is 573 g/mol. The van der Waals surface area contributed by atoms with Crippen LogP contribution in [0.5, 0.6) is 0 Å². The lowest BCUT2D eigenvalue weighted by molar-refractivity contribution is -0.154. The number of aliphatic hydroxyl groups is 3. The fraction of sp³-hybridized carbons (Fsp3) is 0.600. The van der Waals surface area contributed by atoms with E-state index in [1.165, 1.54) is 11.3 Å². The number of nitrogens with one attached hydrogen (secondary N) is 1. The average Bonchev–Trinajstić information content (AvgIpc) is 3.60. The van der Waals surface area contributed by atoms with Crippen molar-refractivity contribution in [2.75, 3.05) is 0 Å². The highest BCUT2D eigenvalue weighted by Crippen LogP contribution is 2.32. The van der Waals surface area contributed by atoms with Gasteiger partial charge in [-0.05, 0) is 43.8 Å². The van der Waals surface area contributed by atoms with Gasteiger partial charge in [-0.1, -0.05) is 39.3 Å². The topological polar surface area (TPSA) is 146 Å². The number of thiazole rings is 1. The van der Waals surface area contributed by atoms with Crippen molar-refractivity contribution >= 4 is 29.2 Å². The summed E-state index contributed by atoms with van der Waals surface area (Å²) in [6.45, 7) is 8.57. The van der Waals surface area contributed by atoms with Gasteiger partial charge in [0.15, 0.2) is 0 Å². The molecule has 0 saturated carbocycles. The highest BCUT2D eigenvalue weighted by atomic mass is 32.1. The number of rotatable bonds is 5. The Kier molecular flexibility index (Phi) is 11.4. The second-order valence-corrected chi connectivity index (χ2v) is 12.4. The maximum absolute atomic E-state index is 13.3. The van der Waals surface area contributed by atoms with Crippen LogP contribution >= 0.6 is 11.3 Å². The summed E-state index contributed by atoms with van der Waals surface area (Å²) in [5.74, 6) is -0.877. The van der Waals surface area contributed by atoms with E-state index in [-0.39, 0.29) is 24.7 Å². The number of hydrogen-bond donors (Lipinski definition) is 4. The van der Waals surface area contributed by atoms with E-state index in [0.717, 1.165) is 36.2 Å². The number of allylic oxidation sites excluding steroid dienone is 1. The summed E-state index contributed by atoms with van der Waals surface area (Å²) in [6.07, 6.45) is 7.63. The van der Waals surface area contributed by atoms with Crippen LogP contribution in [0.25, 0.3) is 6.08 Å². The molecule has 9 nitrogen and oxygen atoms in total. The Balaban J connectivity index is 1.94. The third kappa shape index (κ3) is 8.42. The number of carbonyl (C=O) groups is 2. The van der Waals surface area contributed by atoms with Crippen LogP contribution in [0.1, 0.15) is 83.2 Å². The van der Waals surface area contributed by atoms with Crippen LogP contribution in [-0.2, 0) is 27.4 Å². The van der Waals surface area contributed by atoms with Gasteiger partial charge >= 0.3 is 5.97 Å². The summed E-state index contributed by atoms with van der Waals surface area (Å²) in [6, 6.07) is 0. The van der Waals surface area contributed by atoms with E-state index in [4.69, 9.17) is 4.74 Å². The zero-order valence-corrected chi connectivity index (χ0v) is 24.9. The summed E-state index contributed by atoms with van der Waals surface area (Å²) in [4.78, 5) is 38.3. The molecule has 2 aromatic rings. The number of nitrogens with zero attached hydrogens (tertiary/aromatic N) is 2. The molecule has 0 aliphatic carbocycles. The molecule has 1 aliphatic heterocycles. The minimum Gasteiger partial charge on any atom is -0.457 e. The Bertz CT molecular complexity index is 1190. The molecule has 10 heteroatoms. The lowest BCUT2D eigenvalue weighted by Crippen LogP contribution is -2.45. The number of cyclic esters (lactones) is 1. The number of hydrogen-bond acceptors (Lipinski definition) is 9. The maximum atomic E-state index is 13.3. The first-order valence-corrected chi connectivity index (χ1v) is 14.8.